The molecule has 1 aromatic carbocycles. The fourth-order valence-corrected chi connectivity index (χ4v) is 2.38. The van der Waals surface area contributed by atoms with E-state index in [1.807, 2.05) is 30.4 Å². The van der Waals surface area contributed by atoms with E-state index in [-0.39, 0.29) is 0 Å². The van der Waals surface area contributed by atoms with Gasteiger partial charge in [-0.25, -0.2) is 0 Å². The van der Waals surface area contributed by atoms with Crippen molar-refractivity contribution < 1.29 is 4.79 Å². The summed E-state index contributed by atoms with van der Waals surface area (Å²) in [6, 6.07) is 10.2. The Kier molecular flexibility index (Phi) is 4.33. The minimum Gasteiger partial charge on any atom is -0.361 e. The lowest BCUT2D eigenvalue weighted by Gasteiger charge is -2.34. The van der Waals surface area contributed by atoms with Gasteiger partial charge in [-0.15, -0.1) is 0 Å². The maximum Gasteiger partial charge on any atom is 0.314 e. The van der Waals surface area contributed by atoms with E-state index in [1.165, 1.54) is 5.56 Å². The van der Waals surface area contributed by atoms with Crippen molar-refractivity contribution in [1.29, 1.82) is 0 Å². The zero-order valence-electron chi connectivity index (χ0n) is 10.8. The molecule has 1 aliphatic carbocycles. The Balaban J connectivity index is 2.19. The lowest BCUT2D eigenvalue weighted by atomic mass is 10.1. The molecule has 0 heterocycles. The predicted octanol–water partition coefficient (Wildman–Crippen LogP) is 3.24. The predicted molar refractivity (Wildman–Crippen MR) is 78.0 cm³/mol. The third-order valence-corrected chi connectivity index (χ3v) is 3.66. The molecule has 0 aromatic heterocycles. The minimum atomic E-state index is -0.668. The second-order valence-corrected chi connectivity index (χ2v) is 5.02. The lowest BCUT2D eigenvalue weighted by Crippen LogP contribution is -2.41. The van der Waals surface area contributed by atoms with Crippen molar-refractivity contribution in [1.82, 2.24) is 4.90 Å². The van der Waals surface area contributed by atoms with Gasteiger partial charge < -0.3 is 5.53 Å². The van der Waals surface area contributed by atoms with E-state index in [0.29, 0.717) is 5.71 Å². The van der Waals surface area contributed by atoms with Gasteiger partial charge in [0.15, 0.2) is 0 Å². The molecule has 98 valence electrons. The topological polar surface area (TPSA) is 39.6 Å². The summed E-state index contributed by atoms with van der Waals surface area (Å²) < 4.78 is 0. The highest BCUT2D eigenvalue weighted by Crippen LogP contribution is 2.28. The highest BCUT2D eigenvalue weighted by Gasteiger charge is 2.31. The molecule has 0 saturated carbocycles. The maximum atomic E-state index is 8.72. The molecule has 1 aromatic rings. The van der Waals surface area contributed by atoms with Crippen LogP contribution < -0.4 is 0 Å². The molecule has 3 nitrogen and oxygen atoms in total. The van der Waals surface area contributed by atoms with Crippen LogP contribution in [0.5, 0.6) is 0 Å². The molecule has 0 amide bonds. The normalized spacial score (nSPS) is 21.7. The van der Waals surface area contributed by atoms with Crippen LogP contribution in [0.4, 0.5) is 0 Å². The van der Waals surface area contributed by atoms with Crippen LogP contribution in [0.25, 0.3) is 5.53 Å². The van der Waals surface area contributed by atoms with Crippen molar-refractivity contribution in [2.75, 3.05) is 6.54 Å². The molecule has 1 aliphatic rings. The first-order valence-corrected chi connectivity index (χ1v) is 6.64. The number of nitrogens with zero attached hydrogens (tertiary/aromatic N) is 3. The Morgan fingerprint density at radius 1 is 1.21 bits per heavy atom. The van der Waals surface area contributed by atoms with Gasteiger partial charge in [0.1, 0.15) is 5.00 Å². The molecule has 0 bridgehead atoms. The first-order valence-electron chi connectivity index (χ1n) is 6.26. The standard InChI is InChI=1S/C15H16ClN3/c1-2-19(12-13-6-4-3-5-7-13)15(16)10-8-14(18-17)9-11-15/h3-11H,2,12H2,1H3. The second-order valence-electron chi connectivity index (χ2n) is 4.42. The van der Waals surface area contributed by atoms with Gasteiger partial charge in [-0.3, -0.25) is 4.90 Å². The van der Waals surface area contributed by atoms with Gasteiger partial charge in [0, 0.05) is 18.7 Å². The van der Waals surface area contributed by atoms with Crippen LogP contribution in [0, 0.1) is 0 Å². The summed E-state index contributed by atoms with van der Waals surface area (Å²) in [5, 5.41) is 0. The molecule has 0 atom stereocenters. The number of alkyl halides is 1. The van der Waals surface area contributed by atoms with Crippen LogP contribution in [0.15, 0.2) is 54.6 Å². The summed E-state index contributed by atoms with van der Waals surface area (Å²) in [5.74, 6) is 0. The third kappa shape index (κ3) is 3.21. The summed E-state index contributed by atoms with van der Waals surface area (Å²) in [4.78, 5) is 4.62. The Morgan fingerprint density at radius 3 is 2.37 bits per heavy atom. The number of benzene rings is 1. The Hall–Kier alpha value is -1.67. The van der Waals surface area contributed by atoms with Gasteiger partial charge in [0.25, 0.3) is 0 Å². The Bertz CT molecular complexity index is 526. The largest absolute Gasteiger partial charge is 0.361 e. The number of likely N-dealkylation sites (N-methyl/N-ethyl adjacent to an activating group) is 1. The smallest absolute Gasteiger partial charge is 0.314 e. The molecule has 0 spiro atoms. The molecule has 0 unspecified atom stereocenters. The average Bonchev–Trinajstić information content (AvgIpc) is 2.46. The van der Waals surface area contributed by atoms with Crippen LogP contribution in [0.3, 0.4) is 0 Å². The lowest BCUT2D eigenvalue weighted by molar-refractivity contribution is -0.00180. The molecule has 0 saturated heterocycles. The van der Waals surface area contributed by atoms with Crippen molar-refractivity contribution in [3.63, 3.8) is 0 Å². The average molecular weight is 274 g/mol. The van der Waals surface area contributed by atoms with E-state index in [1.54, 1.807) is 12.2 Å². The third-order valence-electron chi connectivity index (χ3n) is 3.17. The highest BCUT2D eigenvalue weighted by atomic mass is 35.5. The highest BCUT2D eigenvalue weighted by molar-refractivity contribution is 6.27. The SMILES string of the molecule is CCN(Cc1ccccc1)C1(Cl)C=CC(=[N+]=[N-])C=C1. The summed E-state index contributed by atoms with van der Waals surface area (Å²) in [6.45, 7) is 3.66. The van der Waals surface area contributed by atoms with E-state index in [2.05, 4.69) is 28.7 Å². The van der Waals surface area contributed by atoms with Crippen molar-refractivity contribution >= 4 is 17.3 Å². The van der Waals surface area contributed by atoms with Crippen LogP contribution in [-0.2, 0) is 6.54 Å². The van der Waals surface area contributed by atoms with E-state index < -0.39 is 5.00 Å². The summed E-state index contributed by atoms with van der Waals surface area (Å²) in [7, 11) is 0. The van der Waals surface area contributed by atoms with Crippen molar-refractivity contribution in [3.05, 3.63) is 65.7 Å². The van der Waals surface area contributed by atoms with E-state index in [0.717, 1.165) is 13.1 Å². The molecule has 0 N–H and O–H groups in total. The molecule has 19 heavy (non-hydrogen) atoms. The first kappa shape index (κ1) is 13.8. The van der Waals surface area contributed by atoms with Crippen molar-refractivity contribution in [2.45, 2.75) is 18.5 Å². The minimum absolute atomic E-state index is 0.507. The number of allylic oxidation sites excluding steroid dienone is 2. The van der Waals surface area contributed by atoms with E-state index >= 15 is 0 Å². The van der Waals surface area contributed by atoms with Gasteiger partial charge in [0.2, 0.25) is 0 Å². The Morgan fingerprint density at radius 2 is 1.84 bits per heavy atom. The van der Waals surface area contributed by atoms with Crippen LogP contribution in [0.1, 0.15) is 12.5 Å². The summed E-state index contributed by atoms with van der Waals surface area (Å²) in [5.41, 5.74) is 10.4. The Labute approximate surface area is 118 Å². The number of hydrogen-bond acceptors (Lipinski definition) is 1. The molecule has 0 radical (unpaired) electrons. The maximum absolute atomic E-state index is 8.72. The summed E-state index contributed by atoms with van der Waals surface area (Å²) >= 11 is 6.63. The molecular formula is C15H16ClN3. The second kappa shape index (κ2) is 5.98. The fourth-order valence-electron chi connectivity index (χ4n) is 2.07. The molecule has 4 heteroatoms. The fraction of sp³-hybridized carbons (Fsp3) is 0.267. The zero-order chi connectivity index (χ0) is 13.7. The monoisotopic (exact) mass is 273 g/mol. The van der Waals surface area contributed by atoms with Gasteiger partial charge in [0.05, 0.1) is 0 Å². The van der Waals surface area contributed by atoms with Gasteiger partial charge in [-0.2, -0.15) is 4.79 Å². The van der Waals surface area contributed by atoms with Crippen LogP contribution >= 0.6 is 11.6 Å². The molecule has 0 aliphatic heterocycles. The molecule has 2 rings (SSSR count). The quantitative estimate of drug-likeness (QED) is 0.359. The number of hydrogen-bond donors (Lipinski definition) is 0. The van der Waals surface area contributed by atoms with Crippen molar-refractivity contribution in [2.24, 2.45) is 0 Å². The zero-order valence-corrected chi connectivity index (χ0v) is 11.6. The van der Waals surface area contributed by atoms with E-state index in [4.69, 9.17) is 17.1 Å². The molecule has 0 fully saturated rings. The van der Waals surface area contributed by atoms with Crippen LogP contribution in [0.2, 0.25) is 0 Å². The van der Waals surface area contributed by atoms with Gasteiger partial charge in [-0.05, 0) is 24.3 Å². The van der Waals surface area contributed by atoms with Gasteiger partial charge in [-0.1, -0.05) is 48.9 Å². The van der Waals surface area contributed by atoms with Crippen LogP contribution in [-0.4, -0.2) is 26.9 Å². The van der Waals surface area contributed by atoms with E-state index in [9.17, 15) is 0 Å². The number of rotatable bonds is 4. The number of halogens is 1. The molecular weight excluding hydrogens is 258 g/mol. The van der Waals surface area contributed by atoms with Gasteiger partial charge >= 0.3 is 5.71 Å². The first-order chi connectivity index (χ1) is 9.18. The summed E-state index contributed by atoms with van der Waals surface area (Å²) in [6.07, 6.45) is 7.13. The van der Waals surface area contributed by atoms with Crippen molar-refractivity contribution in [3.8, 4) is 0 Å².